The number of aryl methyl sites for hydroxylation is 1. The monoisotopic (exact) mass is 422 g/mol. The summed E-state index contributed by atoms with van der Waals surface area (Å²) < 4.78 is 40.9. The lowest BCUT2D eigenvalue weighted by molar-refractivity contribution is -0.181. The van der Waals surface area contributed by atoms with Gasteiger partial charge in [0.1, 0.15) is 11.9 Å². The minimum Gasteiger partial charge on any atom is -0.352 e. The van der Waals surface area contributed by atoms with Crippen LogP contribution in [-0.4, -0.2) is 70.8 Å². The van der Waals surface area contributed by atoms with Gasteiger partial charge in [0.05, 0.1) is 0 Å². The van der Waals surface area contributed by atoms with Crippen LogP contribution < -0.4 is 5.32 Å². The van der Waals surface area contributed by atoms with Crippen LogP contribution in [0.2, 0.25) is 0 Å². The maximum absolute atomic E-state index is 12.9. The van der Waals surface area contributed by atoms with Crippen LogP contribution in [0, 0.1) is 6.92 Å². The van der Waals surface area contributed by atoms with Gasteiger partial charge in [-0.25, -0.2) is 4.98 Å². The number of imidazole rings is 1. The first-order valence-corrected chi connectivity index (χ1v) is 10.1. The van der Waals surface area contributed by atoms with E-state index >= 15 is 0 Å². The Bertz CT molecular complexity index is 852. The Balaban J connectivity index is 1.54. The number of guanidine groups is 1. The summed E-state index contributed by atoms with van der Waals surface area (Å²) in [4.78, 5) is 12.1. The van der Waals surface area contributed by atoms with Crippen LogP contribution in [0.15, 0.2) is 41.7 Å². The highest BCUT2D eigenvalue weighted by Crippen LogP contribution is 2.25. The van der Waals surface area contributed by atoms with Crippen molar-refractivity contribution in [2.45, 2.75) is 39.2 Å². The van der Waals surface area contributed by atoms with E-state index in [0.29, 0.717) is 38.7 Å². The van der Waals surface area contributed by atoms with Gasteiger partial charge in [0, 0.05) is 58.7 Å². The molecule has 1 atom stereocenters. The van der Waals surface area contributed by atoms with E-state index in [-0.39, 0.29) is 0 Å². The highest BCUT2D eigenvalue weighted by Gasteiger charge is 2.41. The van der Waals surface area contributed by atoms with Gasteiger partial charge in [-0.15, -0.1) is 0 Å². The van der Waals surface area contributed by atoms with Gasteiger partial charge in [-0.3, -0.25) is 9.89 Å². The summed E-state index contributed by atoms with van der Waals surface area (Å²) in [5.41, 5.74) is 2.30. The molecule has 1 unspecified atom stereocenters. The van der Waals surface area contributed by atoms with E-state index in [1.165, 1.54) is 17.4 Å². The second-order valence-corrected chi connectivity index (χ2v) is 7.56. The number of piperazine rings is 1. The molecule has 9 heteroatoms. The minimum atomic E-state index is -4.19. The third kappa shape index (κ3) is 5.53. The van der Waals surface area contributed by atoms with Crippen molar-refractivity contribution in [3.63, 3.8) is 0 Å². The average Bonchev–Trinajstić information content (AvgIpc) is 3.12. The summed E-state index contributed by atoms with van der Waals surface area (Å²) in [6, 6.07) is 6.88. The molecule has 1 N–H and O–H groups in total. The first-order chi connectivity index (χ1) is 14.3. The Morgan fingerprint density at radius 1 is 1.20 bits per heavy atom. The van der Waals surface area contributed by atoms with E-state index in [0.717, 1.165) is 17.9 Å². The summed E-state index contributed by atoms with van der Waals surface area (Å²) in [5, 5.41) is 3.34. The van der Waals surface area contributed by atoms with Crippen LogP contribution >= 0.6 is 0 Å². The van der Waals surface area contributed by atoms with E-state index in [1.807, 2.05) is 30.2 Å². The van der Waals surface area contributed by atoms with Crippen molar-refractivity contribution in [2.24, 2.45) is 4.99 Å². The van der Waals surface area contributed by atoms with Gasteiger partial charge in [0.15, 0.2) is 5.96 Å². The van der Waals surface area contributed by atoms with Crippen LogP contribution in [0.4, 0.5) is 13.2 Å². The van der Waals surface area contributed by atoms with Gasteiger partial charge >= 0.3 is 6.18 Å². The quantitative estimate of drug-likeness (QED) is 0.595. The van der Waals surface area contributed by atoms with Gasteiger partial charge in [-0.2, -0.15) is 13.2 Å². The largest absolute Gasteiger partial charge is 0.403 e. The van der Waals surface area contributed by atoms with Crippen molar-refractivity contribution in [2.75, 3.05) is 33.2 Å². The summed E-state index contributed by atoms with van der Waals surface area (Å²) in [6.45, 7) is 6.31. The molecule has 30 heavy (non-hydrogen) atoms. The predicted octanol–water partition coefficient (Wildman–Crippen LogP) is 2.88. The molecule has 1 aromatic heterocycles. The van der Waals surface area contributed by atoms with Crippen molar-refractivity contribution < 1.29 is 13.2 Å². The first kappa shape index (κ1) is 22.1. The molecule has 1 aromatic carbocycles. The molecule has 0 saturated carbocycles. The van der Waals surface area contributed by atoms with Crippen molar-refractivity contribution in [3.8, 4) is 0 Å². The number of alkyl halides is 3. The average molecular weight is 422 g/mol. The Kier molecular flexibility index (Phi) is 7.02. The lowest BCUT2D eigenvalue weighted by Crippen LogP contribution is -2.56. The highest BCUT2D eigenvalue weighted by atomic mass is 19.4. The normalized spacial score (nSPS) is 17.3. The van der Waals surface area contributed by atoms with Crippen LogP contribution in [0.25, 0.3) is 0 Å². The molecule has 1 aliphatic rings. The van der Waals surface area contributed by atoms with Crippen molar-refractivity contribution >= 4 is 5.96 Å². The Morgan fingerprint density at radius 2 is 1.90 bits per heavy atom. The molecule has 3 rings (SSSR count). The summed E-state index contributed by atoms with van der Waals surface area (Å²) in [7, 11) is 1.70. The van der Waals surface area contributed by atoms with E-state index < -0.39 is 12.2 Å². The molecule has 2 aromatic rings. The van der Waals surface area contributed by atoms with Crippen molar-refractivity contribution in [1.29, 1.82) is 0 Å². The highest BCUT2D eigenvalue weighted by molar-refractivity contribution is 5.80. The van der Waals surface area contributed by atoms with Crippen LogP contribution in [0.5, 0.6) is 0 Å². The topological polar surface area (TPSA) is 48.7 Å². The Labute approximate surface area is 175 Å². The Morgan fingerprint density at radius 3 is 2.50 bits per heavy atom. The standard InChI is InChI=1S/C21H29F3N6/c1-16(21(22,23)24)28-9-11-29(12-10-28)20(25-3)27-14-18-5-4-6-19(13-18)15-30-8-7-26-17(30)2/h4-8,13,16H,9-12,14-15H2,1-3H3,(H,25,27). The van der Waals surface area contributed by atoms with Crippen LogP contribution in [-0.2, 0) is 13.1 Å². The first-order valence-electron chi connectivity index (χ1n) is 10.1. The third-order valence-corrected chi connectivity index (χ3v) is 5.57. The molecule has 0 spiro atoms. The smallest absolute Gasteiger partial charge is 0.352 e. The van der Waals surface area contributed by atoms with E-state index in [4.69, 9.17) is 0 Å². The molecule has 0 amide bonds. The second-order valence-electron chi connectivity index (χ2n) is 7.56. The SMILES string of the molecule is CN=C(NCc1cccc(Cn2ccnc2C)c1)N1CCN(C(C)C(F)(F)F)CC1. The number of hydrogen-bond donors (Lipinski definition) is 1. The zero-order chi connectivity index (χ0) is 21.7. The molecule has 0 bridgehead atoms. The maximum atomic E-state index is 12.9. The molecular formula is C21H29F3N6. The number of nitrogens with one attached hydrogen (secondary N) is 1. The fraction of sp³-hybridized carbons (Fsp3) is 0.524. The zero-order valence-corrected chi connectivity index (χ0v) is 17.7. The lowest BCUT2D eigenvalue weighted by Gasteiger charge is -2.39. The molecular weight excluding hydrogens is 393 g/mol. The molecule has 1 aliphatic heterocycles. The summed E-state index contributed by atoms with van der Waals surface area (Å²) >= 11 is 0. The van der Waals surface area contributed by atoms with Gasteiger partial charge < -0.3 is 14.8 Å². The third-order valence-electron chi connectivity index (χ3n) is 5.57. The fourth-order valence-electron chi connectivity index (χ4n) is 3.65. The van der Waals surface area contributed by atoms with E-state index in [9.17, 15) is 13.2 Å². The number of hydrogen-bond acceptors (Lipinski definition) is 3. The van der Waals surface area contributed by atoms with E-state index in [2.05, 4.69) is 32.0 Å². The number of nitrogens with zero attached hydrogens (tertiary/aromatic N) is 5. The predicted molar refractivity (Wildman–Crippen MR) is 111 cm³/mol. The summed E-state index contributed by atoms with van der Waals surface area (Å²) in [5.74, 6) is 1.68. The van der Waals surface area contributed by atoms with Gasteiger partial charge in [0.25, 0.3) is 0 Å². The van der Waals surface area contributed by atoms with Crippen LogP contribution in [0.3, 0.4) is 0 Å². The molecule has 2 heterocycles. The van der Waals surface area contributed by atoms with E-state index in [1.54, 1.807) is 13.2 Å². The van der Waals surface area contributed by atoms with Gasteiger partial charge in [-0.1, -0.05) is 24.3 Å². The lowest BCUT2D eigenvalue weighted by atomic mass is 10.1. The molecule has 164 valence electrons. The van der Waals surface area contributed by atoms with Crippen molar-refractivity contribution in [3.05, 3.63) is 53.6 Å². The maximum Gasteiger partial charge on any atom is 0.403 e. The Hall–Kier alpha value is -2.55. The number of aliphatic imine (C=N–C) groups is 1. The number of halogens is 3. The van der Waals surface area contributed by atoms with Crippen molar-refractivity contribution in [1.82, 2.24) is 24.7 Å². The number of rotatable bonds is 5. The second kappa shape index (κ2) is 9.51. The molecule has 1 fully saturated rings. The van der Waals surface area contributed by atoms with Gasteiger partial charge in [0.2, 0.25) is 0 Å². The summed E-state index contributed by atoms with van der Waals surface area (Å²) in [6.07, 6.45) is -0.441. The molecule has 0 aliphatic carbocycles. The molecule has 1 saturated heterocycles. The zero-order valence-electron chi connectivity index (χ0n) is 17.7. The molecule has 0 radical (unpaired) electrons. The number of benzene rings is 1. The fourth-order valence-corrected chi connectivity index (χ4v) is 3.65. The van der Waals surface area contributed by atoms with Crippen LogP contribution in [0.1, 0.15) is 23.9 Å². The minimum absolute atomic E-state index is 0.362. The molecule has 6 nitrogen and oxygen atoms in total. The van der Waals surface area contributed by atoms with Gasteiger partial charge in [-0.05, 0) is 25.0 Å². The number of aromatic nitrogens is 2.